The Labute approximate surface area is 156 Å². The molecule has 1 aliphatic carbocycles. The third-order valence-electron chi connectivity index (χ3n) is 4.61. The zero-order valence-corrected chi connectivity index (χ0v) is 15.0. The molecule has 0 saturated heterocycles. The molecule has 7 heteroatoms. The molecule has 140 valence electrons. The summed E-state index contributed by atoms with van der Waals surface area (Å²) in [5.74, 6) is -1.12. The number of nitro groups is 1. The highest BCUT2D eigenvalue weighted by molar-refractivity contribution is 5.95. The molecule has 1 amide bonds. The van der Waals surface area contributed by atoms with Crippen LogP contribution in [0.4, 0.5) is 11.4 Å². The van der Waals surface area contributed by atoms with Crippen molar-refractivity contribution in [3.05, 3.63) is 68.8 Å². The van der Waals surface area contributed by atoms with Gasteiger partial charge in [0.25, 0.3) is 11.6 Å². The molecule has 3 rings (SSSR count). The maximum absolute atomic E-state index is 12.2. The zero-order chi connectivity index (χ0) is 19.4. The van der Waals surface area contributed by atoms with Crippen molar-refractivity contribution in [2.24, 2.45) is 0 Å². The minimum absolute atomic E-state index is 0.0844. The molecule has 2 aromatic carbocycles. The second-order valence-corrected chi connectivity index (χ2v) is 6.57. The van der Waals surface area contributed by atoms with Crippen LogP contribution in [0.5, 0.6) is 0 Å². The van der Waals surface area contributed by atoms with Gasteiger partial charge in [0.05, 0.1) is 10.5 Å². The van der Waals surface area contributed by atoms with Crippen LogP contribution in [-0.4, -0.2) is 23.4 Å². The Balaban J connectivity index is 1.58. The number of nitrogens with one attached hydrogen (secondary N) is 1. The van der Waals surface area contributed by atoms with E-state index in [0.717, 1.165) is 31.2 Å². The Kier molecular flexibility index (Phi) is 5.49. The number of rotatable bonds is 5. The van der Waals surface area contributed by atoms with Crippen LogP contribution in [0.3, 0.4) is 0 Å². The van der Waals surface area contributed by atoms with E-state index in [1.165, 1.54) is 11.6 Å². The first kappa shape index (κ1) is 18.6. The van der Waals surface area contributed by atoms with Gasteiger partial charge in [0, 0.05) is 17.3 Å². The summed E-state index contributed by atoms with van der Waals surface area (Å²) in [5, 5.41) is 13.5. The number of hydrogen-bond acceptors (Lipinski definition) is 5. The molecule has 0 aromatic heterocycles. The average Bonchev–Trinajstić information content (AvgIpc) is 2.67. The van der Waals surface area contributed by atoms with Crippen molar-refractivity contribution in [3.8, 4) is 0 Å². The largest absolute Gasteiger partial charge is 0.452 e. The molecule has 1 N–H and O–H groups in total. The summed E-state index contributed by atoms with van der Waals surface area (Å²) in [4.78, 5) is 34.6. The molecule has 0 radical (unpaired) electrons. The van der Waals surface area contributed by atoms with Crippen LogP contribution in [-0.2, 0) is 22.4 Å². The van der Waals surface area contributed by atoms with Crippen LogP contribution in [0, 0.1) is 17.0 Å². The highest BCUT2D eigenvalue weighted by Crippen LogP contribution is 2.23. The van der Waals surface area contributed by atoms with Gasteiger partial charge in [0.1, 0.15) is 0 Å². The lowest BCUT2D eigenvalue weighted by atomic mass is 9.90. The van der Waals surface area contributed by atoms with Gasteiger partial charge in [-0.2, -0.15) is 0 Å². The number of amides is 1. The van der Waals surface area contributed by atoms with Gasteiger partial charge < -0.3 is 10.1 Å². The topological polar surface area (TPSA) is 98.5 Å². The summed E-state index contributed by atoms with van der Waals surface area (Å²) in [6, 6.07) is 9.87. The summed E-state index contributed by atoms with van der Waals surface area (Å²) < 4.78 is 5.07. The molecule has 0 aliphatic heterocycles. The number of hydrogen-bond donors (Lipinski definition) is 1. The van der Waals surface area contributed by atoms with Gasteiger partial charge >= 0.3 is 5.97 Å². The fourth-order valence-corrected chi connectivity index (χ4v) is 3.16. The number of esters is 1. The van der Waals surface area contributed by atoms with Gasteiger partial charge in [-0.3, -0.25) is 14.9 Å². The molecule has 2 aromatic rings. The van der Waals surface area contributed by atoms with Crippen molar-refractivity contribution >= 4 is 23.3 Å². The third-order valence-corrected chi connectivity index (χ3v) is 4.61. The summed E-state index contributed by atoms with van der Waals surface area (Å²) in [6.07, 6.45) is 4.24. The van der Waals surface area contributed by atoms with Crippen molar-refractivity contribution in [1.29, 1.82) is 0 Å². The second kappa shape index (κ2) is 7.99. The number of aryl methyl sites for hydroxylation is 3. The summed E-state index contributed by atoms with van der Waals surface area (Å²) in [6.45, 7) is 1.15. The van der Waals surface area contributed by atoms with Crippen molar-refractivity contribution in [3.63, 3.8) is 0 Å². The first-order valence-electron chi connectivity index (χ1n) is 8.78. The van der Waals surface area contributed by atoms with Crippen molar-refractivity contribution < 1.29 is 19.2 Å². The van der Waals surface area contributed by atoms with Gasteiger partial charge in [-0.15, -0.1) is 0 Å². The molecule has 0 bridgehead atoms. The number of fused-ring (bicyclic) bond motifs is 1. The predicted molar refractivity (Wildman–Crippen MR) is 99.8 cm³/mol. The van der Waals surface area contributed by atoms with E-state index in [9.17, 15) is 19.7 Å². The molecular weight excluding hydrogens is 348 g/mol. The highest BCUT2D eigenvalue weighted by Gasteiger charge is 2.16. The van der Waals surface area contributed by atoms with E-state index < -0.39 is 23.4 Å². The molecule has 0 heterocycles. The molecule has 0 fully saturated rings. The van der Waals surface area contributed by atoms with Crippen LogP contribution >= 0.6 is 0 Å². The molecular formula is C20H20N2O5. The van der Waals surface area contributed by atoms with E-state index in [1.807, 2.05) is 12.1 Å². The number of carbonyl (C=O) groups is 2. The van der Waals surface area contributed by atoms with E-state index in [2.05, 4.69) is 5.32 Å². The predicted octanol–water partition coefficient (Wildman–Crippen LogP) is 3.58. The van der Waals surface area contributed by atoms with Gasteiger partial charge in [0.15, 0.2) is 6.61 Å². The van der Waals surface area contributed by atoms with Crippen LogP contribution in [0.1, 0.15) is 39.9 Å². The summed E-state index contributed by atoms with van der Waals surface area (Å²) >= 11 is 0. The van der Waals surface area contributed by atoms with Crippen LogP contribution < -0.4 is 5.32 Å². The monoisotopic (exact) mass is 368 g/mol. The maximum Gasteiger partial charge on any atom is 0.338 e. The van der Waals surface area contributed by atoms with Gasteiger partial charge in [-0.25, -0.2) is 4.79 Å². The smallest absolute Gasteiger partial charge is 0.338 e. The number of ether oxygens (including phenoxy) is 1. The number of carbonyl (C=O) groups excluding carboxylic acids is 2. The van der Waals surface area contributed by atoms with E-state index in [-0.39, 0.29) is 11.4 Å². The zero-order valence-electron chi connectivity index (χ0n) is 15.0. The molecule has 0 saturated carbocycles. The Morgan fingerprint density at radius 3 is 2.59 bits per heavy atom. The van der Waals surface area contributed by atoms with E-state index in [1.54, 1.807) is 25.1 Å². The molecule has 27 heavy (non-hydrogen) atoms. The fourth-order valence-electron chi connectivity index (χ4n) is 3.16. The Hall–Kier alpha value is -3.22. The standard InChI is InChI=1S/C20H20N2O5/c1-13-6-9-17(11-18(13)22(25)26)21-19(23)12-27-20(24)16-8-7-14-4-2-3-5-15(14)10-16/h6-11H,2-5,12H2,1H3,(H,21,23). The quantitative estimate of drug-likeness (QED) is 0.494. The normalized spacial score (nSPS) is 12.8. The lowest BCUT2D eigenvalue weighted by molar-refractivity contribution is -0.385. The van der Waals surface area contributed by atoms with Gasteiger partial charge in [0.2, 0.25) is 0 Å². The summed E-state index contributed by atoms with van der Waals surface area (Å²) in [7, 11) is 0. The first-order chi connectivity index (χ1) is 12.9. The Morgan fingerprint density at radius 1 is 1.11 bits per heavy atom. The molecule has 0 atom stereocenters. The maximum atomic E-state index is 12.2. The first-order valence-corrected chi connectivity index (χ1v) is 8.78. The van der Waals surface area contributed by atoms with Crippen LogP contribution in [0.25, 0.3) is 0 Å². The van der Waals surface area contributed by atoms with Crippen molar-refractivity contribution in [1.82, 2.24) is 0 Å². The SMILES string of the molecule is Cc1ccc(NC(=O)COC(=O)c2ccc3c(c2)CCCC3)cc1[N+](=O)[O-]. The number of anilines is 1. The van der Waals surface area contributed by atoms with E-state index in [0.29, 0.717) is 11.1 Å². The third kappa shape index (κ3) is 4.49. The molecule has 1 aliphatic rings. The highest BCUT2D eigenvalue weighted by atomic mass is 16.6. The molecule has 0 spiro atoms. The number of nitro benzene ring substituents is 1. The lowest BCUT2D eigenvalue weighted by Crippen LogP contribution is -2.21. The molecule has 0 unspecified atom stereocenters. The Bertz CT molecular complexity index is 907. The van der Waals surface area contributed by atoms with Crippen molar-refractivity contribution in [2.45, 2.75) is 32.6 Å². The van der Waals surface area contributed by atoms with E-state index in [4.69, 9.17) is 4.74 Å². The van der Waals surface area contributed by atoms with Crippen LogP contribution in [0.2, 0.25) is 0 Å². The Morgan fingerprint density at radius 2 is 1.85 bits per heavy atom. The van der Waals surface area contributed by atoms with Gasteiger partial charge in [-0.1, -0.05) is 12.1 Å². The molecule has 7 nitrogen and oxygen atoms in total. The fraction of sp³-hybridized carbons (Fsp3) is 0.300. The number of nitrogens with zero attached hydrogens (tertiary/aromatic N) is 1. The second-order valence-electron chi connectivity index (χ2n) is 6.57. The minimum atomic E-state index is -0.562. The van der Waals surface area contributed by atoms with Crippen LogP contribution in [0.15, 0.2) is 36.4 Å². The van der Waals surface area contributed by atoms with Gasteiger partial charge in [-0.05, 0) is 61.9 Å². The van der Waals surface area contributed by atoms with Crippen molar-refractivity contribution in [2.75, 3.05) is 11.9 Å². The van der Waals surface area contributed by atoms with E-state index >= 15 is 0 Å². The average molecular weight is 368 g/mol. The minimum Gasteiger partial charge on any atom is -0.452 e. The lowest BCUT2D eigenvalue weighted by Gasteiger charge is -2.16. The number of benzene rings is 2. The summed E-state index contributed by atoms with van der Waals surface area (Å²) in [5.41, 5.74) is 3.54.